The predicted octanol–water partition coefficient (Wildman–Crippen LogP) is 4.98. The Labute approximate surface area is 203 Å². The molecule has 1 unspecified atom stereocenters. The molecule has 0 aliphatic rings. The van der Waals surface area contributed by atoms with E-state index in [-0.39, 0.29) is 23.3 Å². The minimum atomic E-state index is -0.227. The van der Waals surface area contributed by atoms with Crippen LogP contribution in [-0.2, 0) is 4.79 Å². The quantitative estimate of drug-likeness (QED) is 0.303. The minimum Gasteiger partial charge on any atom is -0.496 e. The van der Waals surface area contributed by atoms with Crippen molar-refractivity contribution in [3.8, 4) is 11.4 Å². The first-order valence-electron chi connectivity index (χ1n) is 11.0. The van der Waals surface area contributed by atoms with E-state index < -0.39 is 0 Å². The maximum Gasteiger partial charge on any atom is 0.266 e. The third kappa shape index (κ3) is 4.84. The van der Waals surface area contributed by atoms with E-state index in [1.165, 1.54) is 11.8 Å². The number of thioether (sulfide) groups is 1. The molecule has 6 nitrogen and oxygen atoms in total. The molecule has 1 N–H and O–H groups in total. The predicted molar refractivity (Wildman–Crippen MR) is 137 cm³/mol. The number of rotatable bonds is 7. The van der Waals surface area contributed by atoms with Crippen molar-refractivity contribution in [2.75, 3.05) is 12.9 Å². The van der Waals surface area contributed by atoms with Crippen molar-refractivity contribution in [1.82, 2.24) is 14.9 Å². The zero-order chi connectivity index (χ0) is 24.2. The normalized spacial score (nSPS) is 11.9. The Morgan fingerprint density at radius 2 is 1.82 bits per heavy atom. The highest BCUT2D eigenvalue weighted by Crippen LogP contribution is 2.26. The minimum absolute atomic E-state index is 0.120. The van der Waals surface area contributed by atoms with Crippen LogP contribution >= 0.6 is 11.8 Å². The maximum absolute atomic E-state index is 13.5. The Bertz CT molecular complexity index is 1410. The Morgan fingerprint density at radius 1 is 1.09 bits per heavy atom. The summed E-state index contributed by atoms with van der Waals surface area (Å²) in [5.41, 5.74) is 4.14. The number of carbonyl (C=O) groups excluding carboxylic acids is 1. The maximum atomic E-state index is 13.5. The molecule has 4 rings (SSSR count). The zero-order valence-electron chi connectivity index (χ0n) is 19.7. The number of nitrogens with zero attached hydrogens (tertiary/aromatic N) is 2. The van der Waals surface area contributed by atoms with Gasteiger partial charge in [-0.25, -0.2) is 4.98 Å². The Morgan fingerprint density at radius 3 is 2.62 bits per heavy atom. The van der Waals surface area contributed by atoms with E-state index in [0.717, 1.165) is 28.1 Å². The van der Waals surface area contributed by atoms with Crippen LogP contribution in [0.1, 0.15) is 29.7 Å². The first kappa shape index (κ1) is 23.6. The Balaban J connectivity index is 1.64. The first-order valence-corrected chi connectivity index (χ1v) is 12.0. The summed E-state index contributed by atoms with van der Waals surface area (Å²) in [4.78, 5) is 31.1. The molecule has 0 aliphatic heterocycles. The van der Waals surface area contributed by atoms with Gasteiger partial charge < -0.3 is 10.1 Å². The summed E-state index contributed by atoms with van der Waals surface area (Å²) >= 11 is 1.25. The van der Waals surface area contributed by atoms with E-state index in [2.05, 4.69) is 5.32 Å². The topological polar surface area (TPSA) is 73.2 Å². The fourth-order valence-electron chi connectivity index (χ4n) is 3.90. The summed E-state index contributed by atoms with van der Waals surface area (Å²) in [5.74, 6) is 0.691. The van der Waals surface area contributed by atoms with Gasteiger partial charge in [0.2, 0.25) is 5.91 Å². The molecule has 0 aliphatic carbocycles. The number of aromatic nitrogens is 2. The number of para-hydroxylation sites is 2. The van der Waals surface area contributed by atoms with Crippen molar-refractivity contribution in [2.45, 2.75) is 32.0 Å². The van der Waals surface area contributed by atoms with Gasteiger partial charge in [-0.05, 0) is 56.2 Å². The monoisotopic (exact) mass is 473 g/mol. The molecule has 0 saturated carbocycles. The molecule has 174 valence electrons. The largest absolute Gasteiger partial charge is 0.496 e. The van der Waals surface area contributed by atoms with Gasteiger partial charge in [-0.3, -0.25) is 14.2 Å². The number of amides is 1. The lowest BCUT2D eigenvalue weighted by atomic mass is 10.1. The number of carbonyl (C=O) groups is 1. The number of fused-ring (bicyclic) bond motifs is 1. The van der Waals surface area contributed by atoms with Crippen LogP contribution in [0.4, 0.5) is 0 Å². The molecule has 0 bridgehead atoms. The summed E-state index contributed by atoms with van der Waals surface area (Å²) in [6, 6.07) is 20.6. The number of ether oxygens (including phenoxy) is 1. The van der Waals surface area contributed by atoms with Crippen molar-refractivity contribution < 1.29 is 9.53 Å². The van der Waals surface area contributed by atoms with Gasteiger partial charge in [0.1, 0.15) is 5.75 Å². The van der Waals surface area contributed by atoms with Gasteiger partial charge in [-0.2, -0.15) is 0 Å². The molecule has 0 radical (unpaired) electrons. The molecule has 0 fully saturated rings. The van der Waals surface area contributed by atoms with E-state index in [9.17, 15) is 9.59 Å². The number of hydrogen-bond acceptors (Lipinski definition) is 5. The molecule has 4 aromatic rings. The molecule has 1 aromatic heterocycles. The van der Waals surface area contributed by atoms with Crippen molar-refractivity contribution in [1.29, 1.82) is 0 Å². The van der Waals surface area contributed by atoms with E-state index in [4.69, 9.17) is 9.72 Å². The third-order valence-corrected chi connectivity index (χ3v) is 6.60. The highest BCUT2D eigenvalue weighted by Gasteiger charge is 2.18. The average molecular weight is 474 g/mol. The lowest BCUT2D eigenvalue weighted by Gasteiger charge is -2.18. The average Bonchev–Trinajstić information content (AvgIpc) is 2.84. The molecule has 1 amide bonds. The van der Waals surface area contributed by atoms with Gasteiger partial charge in [-0.15, -0.1) is 0 Å². The van der Waals surface area contributed by atoms with Gasteiger partial charge in [-0.1, -0.05) is 54.2 Å². The van der Waals surface area contributed by atoms with Crippen molar-refractivity contribution in [2.24, 2.45) is 0 Å². The summed E-state index contributed by atoms with van der Waals surface area (Å²) in [7, 11) is 1.61. The van der Waals surface area contributed by atoms with Crippen molar-refractivity contribution in [3.63, 3.8) is 0 Å². The van der Waals surface area contributed by atoms with Crippen molar-refractivity contribution >= 4 is 28.6 Å². The fraction of sp³-hybridized carbons (Fsp3) is 0.222. The fourth-order valence-corrected chi connectivity index (χ4v) is 4.71. The molecule has 7 heteroatoms. The van der Waals surface area contributed by atoms with Crippen LogP contribution in [0.25, 0.3) is 16.6 Å². The third-order valence-electron chi connectivity index (χ3n) is 5.67. The molecule has 3 aromatic carbocycles. The van der Waals surface area contributed by atoms with Crippen LogP contribution in [0.15, 0.2) is 76.7 Å². The van der Waals surface area contributed by atoms with Crippen LogP contribution in [0, 0.1) is 13.8 Å². The van der Waals surface area contributed by atoms with Gasteiger partial charge in [0.15, 0.2) is 5.16 Å². The van der Waals surface area contributed by atoms with E-state index in [1.54, 1.807) is 17.7 Å². The second-order valence-electron chi connectivity index (χ2n) is 8.16. The van der Waals surface area contributed by atoms with Gasteiger partial charge in [0.25, 0.3) is 5.56 Å². The lowest BCUT2D eigenvalue weighted by Crippen LogP contribution is -2.29. The summed E-state index contributed by atoms with van der Waals surface area (Å²) in [5, 5.41) is 4.05. The smallest absolute Gasteiger partial charge is 0.266 e. The van der Waals surface area contributed by atoms with Crippen molar-refractivity contribution in [3.05, 3.63) is 93.8 Å². The van der Waals surface area contributed by atoms with Crippen LogP contribution < -0.4 is 15.6 Å². The molecule has 1 heterocycles. The zero-order valence-corrected chi connectivity index (χ0v) is 20.5. The number of hydrogen-bond donors (Lipinski definition) is 1. The number of benzene rings is 3. The standard InChI is InChI=1S/C27H27N3O3S/c1-17-13-14-18(2)23(15-17)30-26(32)21-10-5-7-11-22(21)29-27(30)34-16-25(31)28-19(3)20-9-6-8-12-24(20)33-4/h5-15,19H,16H2,1-4H3,(H,28,31). The van der Waals surface area contributed by atoms with Gasteiger partial charge in [0, 0.05) is 5.56 Å². The van der Waals surface area contributed by atoms with Crippen LogP contribution in [0.3, 0.4) is 0 Å². The number of methoxy groups -OCH3 is 1. The molecule has 1 atom stereocenters. The SMILES string of the molecule is COc1ccccc1C(C)NC(=O)CSc1nc2ccccc2c(=O)n1-c1cc(C)ccc1C. The molecule has 34 heavy (non-hydrogen) atoms. The highest BCUT2D eigenvalue weighted by molar-refractivity contribution is 7.99. The number of aryl methyl sites for hydroxylation is 2. The highest BCUT2D eigenvalue weighted by atomic mass is 32.2. The van der Waals surface area contributed by atoms with E-state index in [0.29, 0.717) is 16.1 Å². The second kappa shape index (κ2) is 10.1. The Kier molecular flexibility index (Phi) is 7.03. The molecular formula is C27H27N3O3S. The van der Waals surface area contributed by atoms with Crippen LogP contribution in [0.2, 0.25) is 0 Å². The molecule has 0 saturated heterocycles. The number of nitrogens with one attached hydrogen (secondary N) is 1. The molecule has 0 spiro atoms. The van der Waals surface area contributed by atoms with Crippen LogP contribution in [-0.4, -0.2) is 28.3 Å². The Hall–Kier alpha value is -3.58. The van der Waals surface area contributed by atoms with Gasteiger partial charge >= 0.3 is 0 Å². The lowest BCUT2D eigenvalue weighted by molar-refractivity contribution is -0.119. The summed E-state index contributed by atoms with van der Waals surface area (Å²) in [6.07, 6.45) is 0. The molecular weight excluding hydrogens is 446 g/mol. The second-order valence-corrected chi connectivity index (χ2v) is 9.10. The van der Waals surface area contributed by atoms with E-state index in [1.807, 2.05) is 81.4 Å². The first-order chi connectivity index (χ1) is 16.4. The summed E-state index contributed by atoms with van der Waals surface area (Å²) < 4.78 is 7.03. The summed E-state index contributed by atoms with van der Waals surface area (Å²) in [6.45, 7) is 5.87. The van der Waals surface area contributed by atoms with Crippen LogP contribution in [0.5, 0.6) is 5.75 Å². The van der Waals surface area contributed by atoms with Gasteiger partial charge in [0.05, 0.1) is 35.5 Å². The van der Waals surface area contributed by atoms with E-state index >= 15 is 0 Å².